The fraction of sp³-hybridized carbons (Fsp3) is 0.467. The van der Waals surface area contributed by atoms with Crippen LogP contribution in [0.4, 0.5) is 4.39 Å². The van der Waals surface area contributed by atoms with E-state index in [-0.39, 0.29) is 5.82 Å². The predicted molar refractivity (Wildman–Crippen MR) is 76.8 cm³/mol. The van der Waals surface area contributed by atoms with Gasteiger partial charge in [0.05, 0.1) is 11.2 Å². The number of benzene rings is 1. The first kappa shape index (κ1) is 14.3. The van der Waals surface area contributed by atoms with Crippen LogP contribution in [-0.4, -0.2) is 18.3 Å². The maximum absolute atomic E-state index is 14.2. The van der Waals surface area contributed by atoms with E-state index in [1.807, 2.05) is 40.7 Å². The van der Waals surface area contributed by atoms with E-state index >= 15 is 0 Å². The lowest BCUT2D eigenvalue weighted by atomic mass is 9.78. The molecule has 1 aromatic carbocycles. The summed E-state index contributed by atoms with van der Waals surface area (Å²) in [6, 6.07) is 5.02. The second-order valence-corrected chi connectivity index (χ2v) is 6.10. The second-order valence-electron chi connectivity index (χ2n) is 6.10. The van der Waals surface area contributed by atoms with E-state index in [4.69, 9.17) is 9.31 Å². The van der Waals surface area contributed by atoms with Crippen molar-refractivity contribution in [3.8, 4) is 0 Å². The van der Waals surface area contributed by atoms with Crippen molar-refractivity contribution >= 4 is 18.2 Å². The molecule has 1 fully saturated rings. The first-order chi connectivity index (χ1) is 8.64. The average Bonchev–Trinajstić information content (AvgIpc) is 2.47. The Hall–Kier alpha value is -1.13. The van der Waals surface area contributed by atoms with E-state index in [2.05, 4.69) is 6.58 Å². The first-order valence-corrected chi connectivity index (χ1v) is 6.45. The molecule has 0 radical (unpaired) electrons. The van der Waals surface area contributed by atoms with Crippen molar-refractivity contribution in [2.24, 2.45) is 0 Å². The van der Waals surface area contributed by atoms with Gasteiger partial charge in [0, 0.05) is 5.46 Å². The van der Waals surface area contributed by atoms with Gasteiger partial charge in [0.2, 0.25) is 0 Å². The van der Waals surface area contributed by atoms with Crippen LogP contribution in [0.15, 0.2) is 24.8 Å². The van der Waals surface area contributed by atoms with E-state index in [9.17, 15) is 4.39 Å². The zero-order chi connectivity index (χ0) is 14.4. The highest BCUT2D eigenvalue weighted by molar-refractivity contribution is 6.62. The molecule has 1 saturated heterocycles. The summed E-state index contributed by atoms with van der Waals surface area (Å²) < 4.78 is 25.9. The Balaban J connectivity index is 2.33. The fourth-order valence-corrected chi connectivity index (χ4v) is 1.95. The van der Waals surface area contributed by atoms with Crippen LogP contribution < -0.4 is 5.46 Å². The van der Waals surface area contributed by atoms with Gasteiger partial charge in [-0.15, -0.1) is 0 Å². The molecule has 1 aliphatic heterocycles. The first-order valence-electron chi connectivity index (χ1n) is 6.45. The Labute approximate surface area is 114 Å². The largest absolute Gasteiger partial charge is 0.497 e. The Morgan fingerprint density at radius 1 is 1.16 bits per heavy atom. The maximum Gasteiger partial charge on any atom is 0.497 e. The third-order valence-electron chi connectivity index (χ3n) is 4.00. The van der Waals surface area contributed by atoms with Crippen molar-refractivity contribution < 1.29 is 13.7 Å². The van der Waals surface area contributed by atoms with Crippen LogP contribution in [0.5, 0.6) is 0 Å². The number of allylic oxidation sites excluding steroid dienone is 1. The van der Waals surface area contributed by atoms with Gasteiger partial charge >= 0.3 is 7.12 Å². The minimum atomic E-state index is -0.663. The summed E-state index contributed by atoms with van der Waals surface area (Å²) in [6.07, 6.45) is 0. The van der Waals surface area contributed by atoms with Crippen molar-refractivity contribution in [2.75, 3.05) is 0 Å². The molecule has 19 heavy (non-hydrogen) atoms. The third kappa shape index (κ3) is 2.47. The van der Waals surface area contributed by atoms with Crippen molar-refractivity contribution in [1.29, 1.82) is 0 Å². The zero-order valence-corrected chi connectivity index (χ0v) is 12.2. The van der Waals surface area contributed by atoms with Crippen LogP contribution in [-0.2, 0) is 9.31 Å². The van der Waals surface area contributed by atoms with Gasteiger partial charge in [-0.25, -0.2) is 4.39 Å². The number of hydrogen-bond acceptors (Lipinski definition) is 2. The second kappa shape index (κ2) is 4.46. The maximum atomic E-state index is 14.2. The summed E-state index contributed by atoms with van der Waals surface area (Å²) in [6.45, 7) is 13.5. The summed E-state index contributed by atoms with van der Waals surface area (Å²) >= 11 is 0. The molecule has 0 spiro atoms. The molecule has 0 unspecified atom stereocenters. The van der Waals surface area contributed by atoms with E-state index in [1.54, 1.807) is 6.07 Å². The molecule has 4 heteroatoms. The Morgan fingerprint density at radius 3 is 2.11 bits per heavy atom. The van der Waals surface area contributed by atoms with E-state index in [0.29, 0.717) is 5.46 Å². The van der Waals surface area contributed by atoms with Gasteiger partial charge in [0.25, 0.3) is 0 Å². The highest BCUT2D eigenvalue weighted by Crippen LogP contribution is 2.36. The summed E-state index contributed by atoms with van der Waals surface area (Å²) in [5.41, 5.74) is 1.13. The molecule has 0 N–H and O–H groups in total. The molecule has 102 valence electrons. The van der Waals surface area contributed by atoms with Crippen LogP contribution in [0.1, 0.15) is 40.2 Å². The molecule has 1 aromatic rings. The Bertz CT molecular complexity index is 507. The van der Waals surface area contributed by atoms with Gasteiger partial charge in [-0.1, -0.05) is 24.3 Å². The minimum Gasteiger partial charge on any atom is -0.399 e. The monoisotopic (exact) mass is 262 g/mol. The van der Waals surface area contributed by atoms with Crippen molar-refractivity contribution in [3.05, 3.63) is 36.2 Å². The van der Waals surface area contributed by atoms with Gasteiger partial charge in [-0.05, 0) is 46.2 Å². The summed E-state index contributed by atoms with van der Waals surface area (Å²) in [4.78, 5) is 0. The van der Waals surface area contributed by atoms with Gasteiger partial charge in [0.1, 0.15) is 5.82 Å². The summed E-state index contributed by atoms with van der Waals surface area (Å²) in [5, 5.41) is 0. The lowest BCUT2D eigenvalue weighted by Crippen LogP contribution is -2.41. The van der Waals surface area contributed by atoms with Gasteiger partial charge in [-0.2, -0.15) is 0 Å². The van der Waals surface area contributed by atoms with Crippen LogP contribution in [0.25, 0.3) is 5.57 Å². The molecule has 0 saturated carbocycles. The lowest BCUT2D eigenvalue weighted by molar-refractivity contribution is 0.00578. The molecular weight excluding hydrogens is 242 g/mol. The highest BCUT2D eigenvalue weighted by Gasteiger charge is 2.52. The third-order valence-corrected chi connectivity index (χ3v) is 4.00. The number of rotatable bonds is 2. The average molecular weight is 262 g/mol. The molecule has 0 aliphatic carbocycles. The van der Waals surface area contributed by atoms with Gasteiger partial charge < -0.3 is 9.31 Å². The fourth-order valence-electron chi connectivity index (χ4n) is 1.95. The summed E-state index contributed by atoms with van der Waals surface area (Å²) in [7, 11) is -0.663. The molecule has 2 nitrogen and oxygen atoms in total. The molecule has 2 rings (SSSR count). The van der Waals surface area contributed by atoms with Crippen LogP contribution in [0.3, 0.4) is 0 Å². The zero-order valence-electron chi connectivity index (χ0n) is 12.2. The Kier molecular flexibility index (Phi) is 3.35. The molecule has 1 heterocycles. The van der Waals surface area contributed by atoms with Crippen molar-refractivity contribution in [3.63, 3.8) is 0 Å². The van der Waals surface area contributed by atoms with E-state index < -0.39 is 18.3 Å². The molecule has 0 bridgehead atoms. The minimum absolute atomic E-state index is 0.320. The quantitative estimate of drug-likeness (QED) is 0.762. The Morgan fingerprint density at radius 2 is 1.68 bits per heavy atom. The molecule has 0 atom stereocenters. The normalized spacial score (nSPS) is 20.6. The molecule has 0 aromatic heterocycles. The van der Waals surface area contributed by atoms with Crippen LogP contribution in [0, 0.1) is 5.82 Å². The smallest absolute Gasteiger partial charge is 0.399 e. The topological polar surface area (TPSA) is 18.5 Å². The number of hydrogen-bond donors (Lipinski definition) is 0. The molecule has 1 aliphatic rings. The van der Waals surface area contributed by atoms with E-state index in [1.165, 1.54) is 6.07 Å². The molecular formula is C15H20BFO2. The predicted octanol–water partition coefficient (Wildman–Crippen LogP) is 3.16. The van der Waals surface area contributed by atoms with Gasteiger partial charge in [-0.3, -0.25) is 0 Å². The van der Waals surface area contributed by atoms with E-state index in [0.717, 1.165) is 11.1 Å². The van der Waals surface area contributed by atoms with Crippen LogP contribution in [0.2, 0.25) is 0 Å². The van der Waals surface area contributed by atoms with Crippen molar-refractivity contribution in [1.82, 2.24) is 0 Å². The SMILES string of the molecule is C=C(C)c1ccc(B2OC(C)(C)C(C)(C)O2)c(F)c1. The molecule has 0 amide bonds. The lowest BCUT2D eigenvalue weighted by Gasteiger charge is -2.32. The van der Waals surface area contributed by atoms with Gasteiger partial charge in [0.15, 0.2) is 0 Å². The van der Waals surface area contributed by atoms with Crippen LogP contribution >= 0.6 is 0 Å². The highest BCUT2D eigenvalue weighted by atomic mass is 19.1. The summed E-state index contributed by atoms with van der Waals surface area (Å²) in [5.74, 6) is -0.320. The van der Waals surface area contributed by atoms with Crippen molar-refractivity contribution in [2.45, 2.75) is 45.8 Å². The standard InChI is InChI=1S/C15H20BFO2/c1-10(2)11-7-8-12(13(17)9-11)16-18-14(3,4)15(5,6)19-16/h7-9H,1H2,2-6H3. The number of halogens is 1.